The van der Waals surface area contributed by atoms with Gasteiger partial charge >= 0.3 is 0 Å². The van der Waals surface area contributed by atoms with Crippen molar-refractivity contribution in [1.82, 2.24) is 101 Å². The predicted molar refractivity (Wildman–Crippen MR) is 533 cm³/mol. The Morgan fingerprint density at radius 2 is 0.707 bits per heavy atom. The van der Waals surface area contributed by atoms with E-state index in [9.17, 15) is 72.8 Å². The first-order valence-electron chi connectivity index (χ1n) is 44.5. The predicted octanol–water partition coefficient (Wildman–Crippen LogP) is 10.6. The number of rotatable bonds is 26. The number of aromatic nitrogens is 10. The van der Waals surface area contributed by atoms with Gasteiger partial charge in [0.15, 0.2) is 6.10 Å². The molecule has 15 aromatic rings. The maximum Gasteiger partial charge on any atom is 0.268 e. The monoisotopic (exact) mass is 2020 g/mol. The van der Waals surface area contributed by atoms with Crippen LogP contribution in [-0.2, 0) is 56.1 Å². The van der Waals surface area contributed by atoms with E-state index in [1.165, 1.54) is 44.1 Å². The van der Waals surface area contributed by atoms with Crippen LogP contribution in [0.4, 0.5) is 4.39 Å². The molecule has 2 aliphatic rings. The number of H-pyrrole nitrogens is 5. The minimum atomic E-state index is -1.57. The van der Waals surface area contributed by atoms with Gasteiger partial charge in [0.1, 0.15) is 78.5 Å². The zero-order valence-corrected chi connectivity index (χ0v) is 80.7. The molecule has 14 N–H and O–H groups in total. The van der Waals surface area contributed by atoms with E-state index in [0.29, 0.717) is 104 Å². The summed E-state index contributed by atoms with van der Waals surface area (Å²) >= 11 is 21.0. The quantitative estimate of drug-likeness (QED) is 0.0224. The molecule has 0 unspecified atom stereocenters. The van der Waals surface area contributed by atoms with Crippen LogP contribution in [0.5, 0.6) is 0 Å². The average molecular weight is 2030 g/mol. The molecule has 0 radical (unpaired) electrons. The van der Waals surface area contributed by atoms with Crippen LogP contribution < -0.4 is 26.6 Å². The Morgan fingerprint density at radius 1 is 0.393 bits per heavy atom. The molecular weight excluding hydrogens is 1920 g/mol. The van der Waals surface area contributed by atoms with Crippen molar-refractivity contribution in [2.45, 2.75) is 99.6 Å². The Morgan fingerprint density at radius 3 is 1.07 bits per heavy atom. The summed E-state index contributed by atoms with van der Waals surface area (Å²) in [6, 6.07) is 57.2. The van der Waals surface area contributed by atoms with E-state index in [1.54, 1.807) is 133 Å². The van der Waals surface area contributed by atoms with Crippen molar-refractivity contribution >= 4 is 164 Å². The van der Waals surface area contributed by atoms with Crippen molar-refractivity contribution in [2.24, 2.45) is 0 Å². The third-order valence-corrected chi connectivity index (χ3v) is 24.1. The highest BCUT2D eigenvalue weighted by Gasteiger charge is 2.39. The van der Waals surface area contributed by atoms with Gasteiger partial charge in [-0.25, -0.2) is 24.3 Å². The van der Waals surface area contributed by atoms with Gasteiger partial charge in [-0.1, -0.05) is 168 Å². The van der Waals surface area contributed by atoms with Gasteiger partial charge in [0.05, 0.1) is 82.9 Å². The number of benzene rings is 5. The second-order valence-corrected chi connectivity index (χ2v) is 36.1. The fraction of sp³-hybridized carbons (Fsp3) is 0.257. The minimum Gasteiger partial charge on any atom is -0.393 e. The molecular formula is C101H103BrCl3FN20O14. The van der Waals surface area contributed by atoms with Gasteiger partial charge in [0.25, 0.3) is 35.4 Å². The van der Waals surface area contributed by atoms with Crippen LogP contribution in [0.3, 0.4) is 0 Å². The second kappa shape index (κ2) is 48.1. The Balaban J connectivity index is 0.000000148. The number of aliphatic hydroxyl groups is 4. The number of hydrogen-bond donors (Lipinski definition) is 14. The summed E-state index contributed by atoms with van der Waals surface area (Å²) in [4.78, 5) is 170. The van der Waals surface area contributed by atoms with Crippen molar-refractivity contribution < 1.29 is 72.8 Å². The smallest absolute Gasteiger partial charge is 0.268 e. The Hall–Kier alpha value is -14.6. The highest BCUT2D eigenvalue weighted by Crippen LogP contribution is 2.26. The number of fused-ring (bicyclic) bond motifs is 5. The zero-order chi connectivity index (χ0) is 100.0. The Kier molecular flexibility index (Phi) is 35.3. The van der Waals surface area contributed by atoms with Gasteiger partial charge in [0.2, 0.25) is 23.6 Å². The number of nitrogens with zero attached hydrogens (tertiary/aromatic N) is 10. The van der Waals surface area contributed by atoms with Crippen molar-refractivity contribution in [3.63, 3.8) is 0 Å². The summed E-state index contributed by atoms with van der Waals surface area (Å²) in [6.07, 6.45) is 8.18. The fourth-order valence-electron chi connectivity index (χ4n) is 15.7. The van der Waals surface area contributed by atoms with Crippen LogP contribution >= 0.6 is 50.7 Å². The maximum atomic E-state index is 13.3. The number of pyridine rings is 5. The van der Waals surface area contributed by atoms with E-state index in [4.69, 9.17) is 34.8 Å². The van der Waals surface area contributed by atoms with Crippen LogP contribution in [0.2, 0.25) is 15.5 Å². The number of piperidine rings is 1. The molecule has 140 heavy (non-hydrogen) atoms. The lowest BCUT2D eigenvalue weighted by Gasteiger charge is -2.32. The van der Waals surface area contributed by atoms with E-state index in [2.05, 4.69) is 92.4 Å². The molecule has 0 aliphatic carbocycles. The van der Waals surface area contributed by atoms with Gasteiger partial charge in [0, 0.05) is 127 Å². The highest BCUT2D eigenvalue weighted by molar-refractivity contribution is 9.10. The number of likely N-dealkylation sites (tertiary alicyclic amines) is 2. The highest BCUT2D eigenvalue weighted by atomic mass is 79.9. The molecule has 2 saturated heterocycles. The zero-order valence-electron chi connectivity index (χ0n) is 76.8. The Bertz CT molecular complexity index is 6670. The third-order valence-electron chi connectivity index (χ3n) is 23.1. The van der Waals surface area contributed by atoms with E-state index in [1.807, 2.05) is 133 Å². The van der Waals surface area contributed by atoms with Crippen LogP contribution in [0.1, 0.15) is 93.1 Å². The van der Waals surface area contributed by atoms with Gasteiger partial charge in [-0.2, -0.15) is 0 Å². The molecule has 34 nitrogen and oxygen atoms in total. The Labute approximate surface area is 826 Å². The van der Waals surface area contributed by atoms with Gasteiger partial charge in [-0.15, -0.1) is 0 Å². The number of nitrogens with one attached hydrogen (secondary N) is 10. The topological polar surface area (TPSA) is 471 Å². The number of β-amino-alcohol motifs (C(OH)–C–C–N with tert-alkyl or cyclic N) is 2. The second-order valence-electron chi connectivity index (χ2n) is 34.1. The first kappa shape index (κ1) is 103. The number of aromatic amines is 5. The number of amides is 10. The number of halogens is 5. The molecule has 0 spiro atoms. The molecule has 5 aromatic carbocycles. The lowest BCUT2D eigenvalue weighted by atomic mass is 10.00. The van der Waals surface area contributed by atoms with E-state index in [0.717, 1.165) is 60.4 Å². The van der Waals surface area contributed by atoms with E-state index >= 15 is 0 Å². The largest absolute Gasteiger partial charge is 0.393 e. The van der Waals surface area contributed by atoms with E-state index < -0.39 is 72.3 Å². The summed E-state index contributed by atoms with van der Waals surface area (Å²) in [5.41, 5.74) is 9.69. The van der Waals surface area contributed by atoms with Crippen molar-refractivity contribution in [3.05, 3.63) is 326 Å². The molecule has 726 valence electrons. The molecule has 2 aliphatic heterocycles. The first-order chi connectivity index (χ1) is 67.1. The van der Waals surface area contributed by atoms with Crippen molar-refractivity contribution in [3.8, 4) is 0 Å². The molecule has 39 heteroatoms. The molecule has 0 bridgehead atoms. The van der Waals surface area contributed by atoms with Gasteiger partial charge in [-0.05, 0) is 136 Å². The third kappa shape index (κ3) is 28.1. The standard InChI is InChI=1S/C22H22ClFN4O3.C22H23ClN4O5.C19H19BrN4O2.C19H19ClN4O2.C19H20N4O2/c23-20-11-14-10-17(26-19(14)12-25-20)21(30)27-18(9-13-1-3-15(24)4-2-13)22(31)28-7-5-16(29)6-8-28;23-19-8-13-7-15(25-16(13)9-24-19)21(31)26-14(6-12-4-2-1-3-5-12)20(30)22(32)27-10-17(28)18(29)11-27;2*1-24(2)19(26)15(8-12-6-4-3-5-7-12)23-18(25)14-9-13-10-17(20)21-11-16(13)22-14;1-23(2)19(25)16(10-13-6-4-3-5-7-13)22-18(24)15-11-14-8-9-20-12-17(14)21-15/h1-4,10-12,16,18,26,29H,5-9H2,(H,27,30);1-5,7-9,14,17-18,20,25,28-30H,6,10-11H2,(H,26,31);2*3-7,9-11,15,22H,8H2,1-2H3,(H,23,25);3-9,11-12,16,21H,10H2,1-2H3,(H,22,24)/t18-;14-,17-,18+,20+;2*15-;16-/m00000/s1. The van der Waals surface area contributed by atoms with Crippen molar-refractivity contribution in [2.75, 3.05) is 68.5 Å². The summed E-state index contributed by atoms with van der Waals surface area (Å²) < 4.78 is 14.0. The molecule has 0 saturated carbocycles. The molecule has 12 heterocycles. The van der Waals surface area contributed by atoms with Crippen LogP contribution in [0.25, 0.3) is 54.5 Å². The first-order valence-corrected chi connectivity index (χ1v) is 46.4. The average Bonchev–Trinajstić information content (AvgIpc) is 1.74. The number of aliphatic hydroxyl groups excluding tert-OH is 4. The van der Waals surface area contributed by atoms with Crippen molar-refractivity contribution in [1.29, 1.82) is 0 Å². The van der Waals surface area contributed by atoms with Gasteiger partial charge < -0.3 is 96.4 Å². The summed E-state index contributed by atoms with van der Waals surface area (Å²) in [7, 11) is 10.1. The lowest BCUT2D eigenvalue weighted by molar-refractivity contribution is -0.141. The van der Waals surface area contributed by atoms with Crippen LogP contribution in [-0.4, -0.2) is 277 Å². The summed E-state index contributed by atoms with van der Waals surface area (Å²) in [6.45, 7) is 0.677. The fourth-order valence-corrected chi connectivity index (χ4v) is 16.5. The molecule has 2 fully saturated rings. The van der Waals surface area contributed by atoms with Crippen LogP contribution in [0, 0.1) is 5.82 Å². The lowest BCUT2D eigenvalue weighted by Crippen LogP contribution is -2.52. The number of hydrogen-bond acceptors (Lipinski definition) is 19. The molecule has 10 amide bonds. The van der Waals surface area contributed by atoms with Crippen LogP contribution in [0.15, 0.2) is 248 Å². The number of likely N-dealkylation sites (N-methyl/N-ethyl adjacent to an activating group) is 3. The normalized spacial score (nSPS) is 14.7. The van der Waals surface area contributed by atoms with Gasteiger partial charge in [-0.3, -0.25) is 52.9 Å². The minimum absolute atomic E-state index is 0.0845. The number of carbonyl (C=O) groups is 10. The molecule has 10 aromatic heterocycles. The molecule has 17 rings (SSSR count). The maximum absolute atomic E-state index is 13.3. The summed E-state index contributed by atoms with van der Waals surface area (Å²) in [5, 5.41) is 59.1. The summed E-state index contributed by atoms with van der Waals surface area (Å²) in [5.74, 6) is -3.67. The van der Waals surface area contributed by atoms with E-state index in [-0.39, 0.29) is 84.5 Å². The molecule has 8 atom stereocenters. The SMILES string of the molecule is CN(C)C(=O)[C@H](Cc1ccccc1)NC(=O)c1cc2cc(Br)ncc2[nH]1.CN(C)C(=O)[C@H](Cc1ccccc1)NC(=O)c1cc2cc(Cl)ncc2[nH]1.CN(C)C(=O)[C@H](Cc1ccccc1)NC(=O)c1cc2ccncc2[nH]1.O=C(N[C@@H](Cc1ccc(F)cc1)C(=O)N1CCC(O)CC1)c1cc2cc(Cl)ncc2[nH]1.O=C(N[C@@H](Cc1ccccc1)[C@@H](O)C(=O)N1C[C@@H](O)[C@@H](O)C1)c1cc2cc(Cl)ncc2[nH]1. The number of carbonyl (C=O) groups excluding carboxylic acids is 10.